The third-order valence-corrected chi connectivity index (χ3v) is 2.24. The Morgan fingerprint density at radius 2 is 2.00 bits per heavy atom. The first kappa shape index (κ1) is 9.73. The number of phenolic OH excluding ortho intramolecular Hbond substituents is 1. The molecule has 0 unspecified atom stereocenters. The second kappa shape index (κ2) is 4.14. The Balaban J connectivity index is 2.26. The number of benzene rings is 1. The monoisotopic (exact) mass is 205 g/mol. The van der Waals surface area contributed by atoms with E-state index in [4.69, 9.17) is 9.63 Å². The smallest absolute Gasteiger partial charge is 0.146 e. The maximum Gasteiger partial charge on any atom is 0.146 e. The summed E-state index contributed by atoms with van der Waals surface area (Å²) in [7, 11) is 0. The van der Waals surface area contributed by atoms with Gasteiger partial charge in [-0.25, -0.2) is 0 Å². The van der Waals surface area contributed by atoms with E-state index in [1.54, 1.807) is 18.2 Å². The molecule has 0 aliphatic carbocycles. The van der Waals surface area contributed by atoms with Crippen molar-refractivity contribution in [3.63, 3.8) is 0 Å². The molecule has 0 amide bonds. The number of para-hydroxylation sites is 1. The minimum atomic E-state index is -0.105. The molecule has 0 saturated heterocycles. The Bertz CT molecular complexity index is 451. The molecule has 15 heavy (non-hydrogen) atoms. The van der Waals surface area contributed by atoms with Crippen molar-refractivity contribution in [1.29, 1.82) is 0 Å². The highest BCUT2D eigenvalue weighted by molar-refractivity contribution is 5.35. The van der Waals surface area contributed by atoms with Crippen LogP contribution in [-0.2, 0) is 13.0 Å². The highest BCUT2D eigenvalue weighted by atomic mass is 16.5. The van der Waals surface area contributed by atoms with Gasteiger partial charge in [0.05, 0.1) is 12.8 Å². The maximum atomic E-state index is 9.55. The van der Waals surface area contributed by atoms with Crippen molar-refractivity contribution in [3.8, 4) is 5.75 Å². The zero-order valence-electron chi connectivity index (χ0n) is 8.05. The minimum absolute atomic E-state index is 0.105. The van der Waals surface area contributed by atoms with Crippen molar-refractivity contribution in [2.75, 3.05) is 0 Å². The van der Waals surface area contributed by atoms with Crippen molar-refractivity contribution >= 4 is 0 Å². The number of nitrogens with zero attached hydrogens (tertiary/aromatic N) is 1. The molecular weight excluding hydrogens is 194 g/mol. The molecule has 0 saturated carbocycles. The lowest BCUT2D eigenvalue weighted by molar-refractivity contribution is 0.277. The largest absolute Gasteiger partial charge is 0.508 e. The summed E-state index contributed by atoms with van der Waals surface area (Å²) in [5.41, 5.74) is 1.40. The fourth-order valence-corrected chi connectivity index (χ4v) is 1.39. The summed E-state index contributed by atoms with van der Waals surface area (Å²) in [6.07, 6.45) is 1.91. The number of aromatic nitrogens is 1. The lowest BCUT2D eigenvalue weighted by Gasteiger charge is -2.01. The van der Waals surface area contributed by atoms with Crippen LogP contribution in [0.4, 0.5) is 0 Å². The Morgan fingerprint density at radius 1 is 1.20 bits per heavy atom. The third kappa shape index (κ3) is 1.99. The topological polar surface area (TPSA) is 66.5 Å². The highest BCUT2D eigenvalue weighted by Crippen LogP contribution is 2.21. The molecule has 0 atom stereocenters. The number of phenols is 1. The van der Waals surface area contributed by atoms with E-state index < -0.39 is 0 Å². The summed E-state index contributed by atoms with van der Waals surface area (Å²) in [5, 5.41) is 22.1. The first-order valence-electron chi connectivity index (χ1n) is 4.61. The fraction of sp³-hybridized carbons (Fsp3) is 0.182. The zero-order valence-corrected chi connectivity index (χ0v) is 8.05. The molecule has 4 nitrogen and oxygen atoms in total. The SMILES string of the molecule is OCc1cnoc1Cc1ccccc1O. The molecule has 2 rings (SSSR count). The number of hydrogen-bond acceptors (Lipinski definition) is 4. The first-order chi connectivity index (χ1) is 7.31. The molecule has 0 bridgehead atoms. The summed E-state index contributed by atoms with van der Waals surface area (Å²) in [5.74, 6) is 0.803. The molecule has 0 fully saturated rings. The summed E-state index contributed by atoms with van der Waals surface area (Å²) in [4.78, 5) is 0. The Labute approximate surface area is 86.8 Å². The van der Waals surface area contributed by atoms with E-state index in [1.807, 2.05) is 6.07 Å². The van der Waals surface area contributed by atoms with Crippen molar-refractivity contribution in [3.05, 3.63) is 47.3 Å². The molecule has 4 heteroatoms. The minimum Gasteiger partial charge on any atom is -0.508 e. The number of aromatic hydroxyl groups is 1. The van der Waals surface area contributed by atoms with Crippen LogP contribution in [0.1, 0.15) is 16.9 Å². The van der Waals surface area contributed by atoms with Crippen LogP contribution in [0.2, 0.25) is 0 Å². The van der Waals surface area contributed by atoms with E-state index in [0.717, 1.165) is 5.56 Å². The average molecular weight is 205 g/mol. The van der Waals surface area contributed by atoms with Crippen molar-refractivity contribution in [2.24, 2.45) is 0 Å². The van der Waals surface area contributed by atoms with Gasteiger partial charge in [0.15, 0.2) is 0 Å². The van der Waals surface area contributed by atoms with Gasteiger partial charge in [-0.15, -0.1) is 0 Å². The molecule has 1 heterocycles. The van der Waals surface area contributed by atoms with Gasteiger partial charge >= 0.3 is 0 Å². The van der Waals surface area contributed by atoms with Crippen LogP contribution >= 0.6 is 0 Å². The zero-order chi connectivity index (χ0) is 10.7. The van der Waals surface area contributed by atoms with Gasteiger partial charge in [-0.3, -0.25) is 0 Å². The van der Waals surface area contributed by atoms with Gasteiger partial charge in [-0.05, 0) is 6.07 Å². The number of aliphatic hydroxyl groups excluding tert-OH is 1. The predicted octanol–water partition coefficient (Wildman–Crippen LogP) is 1.46. The summed E-state index contributed by atoms with van der Waals surface area (Å²) in [6, 6.07) is 7.01. The average Bonchev–Trinajstić information content (AvgIpc) is 2.69. The number of rotatable bonds is 3. The van der Waals surface area contributed by atoms with E-state index in [0.29, 0.717) is 17.7 Å². The van der Waals surface area contributed by atoms with E-state index in [2.05, 4.69) is 5.16 Å². The van der Waals surface area contributed by atoms with Crippen molar-refractivity contribution in [1.82, 2.24) is 5.16 Å². The van der Waals surface area contributed by atoms with Crippen molar-refractivity contribution < 1.29 is 14.7 Å². The quantitative estimate of drug-likeness (QED) is 0.796. The Morgan fingerprint density at radius 3 is 2.73 bits per heavy atom. The van der Waals surface area contributed by atoms with Gasteiger partial charge in [-0.1, -0.05) is 23.4 Å². The molecule has 0 aliphatic heterocycles. The molecule has 2 N–H and O–H groups in total. The number of aliphatic hydroxyl groups is 1. The Kier molecular flexibility index (Phi) is 2.69. The van der Waals surface area contributed by atoms with E-state index in [1.165, 1.54) is 6.20 Å². The van der Waals surface area contributed by atoms with E-state index in [-0.39, 0.29) is 12.4 Å². The van der Waals surface area contributed by atoms with Crippen LogP contribution in [-0.4, -0.2) is 15.4 Å². The second-order valence-corrected chi connectivity index (χ2v) is 3.24. The first-order valence-corrected chi connectivity index (χ1v) is 4.61. The molecule has 1 aromatic carbocycles. The van der Waals surface area contributed by atoms with Crippen LogP contribution in [0.5, 0.6) is 5.75 Å². The van der Waals surface area contributed by atoms with Gasteiger partial charge in [0.1, 0.15) is 11.5 Å². The molecule has 1 aromatic heterocycles. The second-order valence-electron chi connectivity index (χ2n) is 3.24. The summed E-state index contributed by atoms with van der Waals surface area (Å²) >= 11 is 0. The molecule has 2 aromatic rings. The third-order valence-electron chi connectivity index (χ3n) is 2.24. The van der Waals surface area contributed by atoms with Crippen LogP contribution in [0.3, 0.4) is 0 Å². The molecule has 0 spiro atoms. The molecular formula is C11H11NO3. The van der Waals surface area contributed by atoms with Gasteiger partial charge in [-0.2, -0.15) is 0 Å². The highest BCUT2D eigenvalue weighted by Gasteiger charge is 2.09. The van der Waals surface area contributed by atoms with Crippen LogP contribution in [0.15, 0.2) is 35.0 Å². The van der Waals surface area contributed by atoms with Crippen molar-refractivity contribution in [2.45, 2.75) is 13.0 Å². The van der Waals surface area contributed by atoms with Crippen LogP contribution in [0, 0.1) is 0 Å². The lowest BCUT2D eigenvalue weighted by Crippen LogP contribution is -1.91. The molecule has 0 radical (unpaired) electrons. The lowest BCUT2D eigenvalue weighted by atomic mass is 10.1. The maximum absolute atomic E-state index is 9.55. The standard InChI is InChI=1S/C11H11NO3/c13-7-9-6-12-15-11(9)5-8-3-1-2-4-10(8)14/h1-4,6,13-14H,5,7H2. The normalized spacial score (nSPS) is 10.5. The van der Waals surface area contributed by atoms with Gasteiger partial charge < -0.3 is 14.7 Å². The summed E-state index contributed by atoms with van der Waals surface area (Å²) < 4.78 is 4.99. The van der Waals surface area contributed by atoms with Gasteiger partial charge in [0, 0.05) is 17.5 Å². The summed E-state index contributed by atoms with van der Waals surface area (Å²) in [6.45, 7) is -0.105. The Hall–Kier alpha value is -1.81. The number of hydrogen-bond donors (Lipinski definition) is 2. The molecule has 78 valence electrons. The van der Waals surface area contributed by atoms with Crippen LogP contribution in [0.25, 0.3) is 0 Å². The fourth-order valence-electron chi connectivity index (χ4n) is 1.39. The predicted molar refractivity (Wildman–Crippen MR) is 53.3 cm³/mol. The molecule has 0 aliphatic rings. The van der Waals surface area contributed by atoms with Gasteiger partial charge in [0.2, 0.25) is 0 Å². The van der Waals surface area contributed by atoms with E-state index >= 15 is 0 Å². The van der Waals surface area contributed by atoms with Gasteiger partial charge in [0.25, 0.3) is 0 Å². The van der Waals surface area contributed by atoms with E-state index in [9.17, 15) is 5.11 Å². The van der Waals surface area contributed by atoms with Crippen LogP contribution < -0.4 is 0 Å².